The number of nitrogens with zero attached hydrogens (tertiary/aromatic N) is 3. The Balaban J connectivity index is 1.63. The molecule has 0 spiro atoms. The van der Waals surface area contributed by atoms with E-state index in [1.165, 1.54) is 11.1 Å². The third kappa shape index (κ3) is 3.75. The van der Waals surface area contributed by atoms with Crippen LogP contribution in [0, 0.1) is 13.8 Å². The Hall–Kier alpha value is -3.38. The lowest BCUT2D eigenvalue weighted by atomic mass is 10.00. The maximum atomic E-state index is 5.86. The number of thiocarbonyl (C=S) groups is 1. The van der Waals surface area contributed by atoms with Crippen LogP contribution in [0.5, 0.6) is 0 Å². The van der Waals surface area contributed by atoms with E-state index in [1.54, 1.807) is 6.26 Å². The molecule has 4 heterocycles. The van der Waals surface area contributed by atoms with E-state index < -0.39 is 0 Å². The first-order valence-corrected chi connectivity index (χ1v) is 10.8. The third-order valence-electron chi connectivity index (χ3n) is 5.66. The topological polar surface area (TPSA) is 46.2 Å². The largest absolute Gasteiger partial charge is 0.467 e. The molecule has 1 saturated heterocycles. The van der Waals surface area contributed by atoms with Gasteiger partial charge in [-0.3, -0.25) is 4.98 Å². The highest BCUT2D eigenvalue weighted by Gasteiger charge is 2.42. The van der Waals surface area contributed by atoms with Crippen LogP contribution in [0.2, 0.25) is 0 Å². The molecule has 6 heteroatoms. The number of furan rings is 1. The number of hydrogen-bond donors (Lipinski definition) is 1. The minimum atomic E-state index is -0.0697. The highest BCUT2D eigenvalue weighted by atomic mass is 32.1. The first-order valence-electron chi connectivity index (χ1n) is 10.4. The van der Waals surface area contributed by atoms with Gasteiger partial charge in [-0.05, 0) is 85.7 Å². The van der Waals surface area contributed by atoms with E-state index in [4.69, 9.17) is 16.6 Å². The van der Waals surface area contributed by atoms with Gasteiger partial charge in [-0.25, -0.2) is 0 Å². The normalized spacial score (nSPS) is 18.4. The zero-order chi connectivity index (χ0) is 21.4. The summed E-state index contributed by atoms with van der Waals surface area (Å²) in [7, 11) is 0. The van der Waals surface area contributed by atoms with Crippen molar-refractivity contribution in [3.05, 3.63) is 108 Å². The van der Waals surface area contributed by atoms with Crippen LogP contribution in [0.25, 0.3) is 0 Å². The molecule has 0 aliphatic carbocycles. The molecule has 2 atom stereocenters. The van der Waals surface area contributed by atoms with E-state index in [2.05, 4.69) is 76.2 Å². The summed E-state index contributed by atoms with van der Waals surface area (Å²) in [6.07, 6.45) is 5.64. The molecule has 1 aromatic carbocycles. The van der Waals surface area contributed by atoms with Crippen molar-refractivity contribution in [2.45, 2.75) is 32.5 Å². The lowest BCUT2D eigenvalue weighted by Crippen LogP contribution is -2.30. The zero-order valence-electron chi connectivity index (χ0n) is 17.5. The molecule has 1 aliphatic rings. The lowest BCUT2D eigenvalue weighted by Gasteiger charge is -2.29. The molecule has 156 valence electrons. The van der Waals surface area contributed by atoms with Crippen LogP contribution >= 0.6 is 12.2 Å². The Kier molecular flexibility index (Phi) is 5.08. The number of pyridine rings is 1. The average Bonchev–Trinajstić information content (AvgIpc) is 3.48. The highest BCUT2D eigenvalue weighted by molar-refractivity contribution is 7.80. The Morgan fingerprint density at radius 2 is 1.87 bits per heavy atom. The second-order valence-electron chi connectivity index (χ2n) is 7.98. The standard InChI is InChI=1S/C25H24N4OS/c1-17-13-18(2)15-19(14-17)29-24(23(27-25(29)31)21-8-3-4-10-26-21)22-9-5-11-28(22)16-20-7-6-12-30-20/h3-15,23-24H,16H2,1-2H3,(H,27,31)/t23-,24-/m1/s1. The molecule has 1 aliphatic heterocycles. The second-order valence-corrected chi connectivity index (χ2v) is 8.37. The van der Waals surface area contributed by atoms with Gasteiger partial charge in [0.15, 0.2) is 5.11 Å². The monoisotopic (exact) mass is 428 g/mol. The fourth-order valence-electron chi connectivity index (χ4n) is 4.43. The van der Waals surface area contributed by atoms with Crippen molar-refractivity contribution in [1.82, 2.24) is 14.9 Å². The van der Waals surface area contributed by atoms with E-state index >= 15 is 0 Å². The van der Waals surface area contributed by atoms with Crippen molar-refractivity contribution in [2.75, 3.05) is 4.90 Å². The summed E-state index contributed by atoms with van der Waals surface area (Å²) < 4.78 is 7.84. The van der Waals surface area contributed by atoms with E-state index in [-0.39, 0.29) is 12.1 Å². The smallest absolute Gasteiger partial charge is 0.174 e. The number of anilines is 1. The number of aryl methyl sites for hydroxylation is 2. The molecule has 0 saturated carbocycles. The number of aromatic nitrogens is 2. The van der Waals surface area contributed by atoms with E-state index in [0.29, 0.717) is 11.7 Å². The van der Waals surface area contributed by atoms with E-state index in [0.717, 1.165) is 22.8 Å². The van der Waals surface area contributed by atoms with Crippen LogP contribution in [0.4, 0.5) is 5.69 Å². The Morgan fingerprint density at radius 1 is 1.03 bits per heavy atom. The predicted molar refractivity (Wildman–Crippen MR) is 126 cm³/mol. The maximum absolute atomic E-state index is 5.86. The first kappa shape index (κ1) is 19.6. The SMILES string of the molecule is Cc1cc(C)cc(N2C(=S)N[C@H](c3ccccn3)[C@H]2c2cccn2Cc2ccco2)c1. The van der Waals surface area contributed by atoms with Gasteiger partial charge in [0, 0.05) is 23.8 Å². The van der Waals surface area contributed by atoms with Gasteiger partial charge in [-0.15, -0.1) is 0 Å². The minimum absolute atomic E-state index is 0.0476. The van der Waals surface area contributed by atoms with E-state index in [1.807, 2.05) is 30.5 Å². The molecule has 1 N–H and O–H groups in total. The Bertz CT molecular complexity index is 1180. The van der Waals surface area contributed by atoms with Crippen molar-refractivity contribution < 1.29 is 4.42 Å². The Morgan fingerprint density at radius 3 is 2.58 bits per heavy atom. The molecule has 31 heavy (non-hydrogen) atoms. The molecule has 0 amide bonds. The number of hydrogen-bond acceptors (Lipinski definition) is 3. The van der Waals surface area contributed by atoms with Crippen molar-refractivity contribution >= 4 is 23.0 Å². The van der Waals surface area contributed by atoms with Gasteiger partial charge in [0.05, 0.1) is 24.5 Å². The average molecular weight is 429 g/mol. The van der Waals surface area contributed by atoms with Gasteiger partial charge in [-0.2, -0.15) is 0 Å². The fourth-order valence-corrected chi connectivity index (χ4v) is 4.78. The second kappa shape index (κ2) is 8.04. The van der Waals surface area contributed by atoms with Gasteiger partial charge in [-0.1, -0.05) is 12.1 Å². The summed E-state index contributed by atoms with van der Waals surface area (Å²) in [5, 5.41) is 4.25. The molecule has 0 bridgehead atoms. The molecule has 4 aromatic rings. The summed E-state index contributed by atoms with van der Waals surface area (Å²) in [4.78, 5) is 6.87. The quantitative estimate of drug-likeness (QED) is 0.436. The Labute approximate surface area is 187 Å². The van der Waals surface area contributed by atoms with E-state index in [9.17, 15) is 0 Å². The van der Waals surface area contributed by atoms with Crippen LogP contribution in [0.1, 0.15) is 40.4 Å². The predicted octanol–water partition coefficient (Wildman–Crippen LogP) is 5.32. The number of nitrogens with one attached hydrogen (secondary N) is 1. The molecule has 5 nitrogen and oxygen atoms in total. The van der Waals surface area contributed by atoms with Gasteiger partial charge in [0.25, 0.3) is 0 Å². The van der Waals surface area contributed by atoms with Crippen LogP contribution in [0.3, 0.4) is 0 Å². The third-order valence-corrected chi connectivity index (χ3v) is 5.97. The summed E-state index contributed by atoms with van der Waals surface area (Å²) in [5.41, 5.74) is 5.63. The van der Waals surface area contributed by atoms with Crippen LogP contribution in [-0.4, -0.2) is 14.7 Å². The van der Waals surface area contributed by atoms with Crippen LogP contribution < -0.4 is 10.2 Å². The van der Waals surface area contributed by atoms with Crippen LogP contribution in [-0.2, 0) is 6.54 Å². The fraction of sp³-hybridized carbons (Fsp3) is 0.200. The maximum Gasteiger partial charge on any atom is 0.174 e. The summed E-state index contributed by atoms with van der Waals surface area (Å²) in [6, 6.07) is 20.6. The molecule has 0 unspecified atom stereocenters. The molecule has 1 fully saturated rings. The molecule has 5 rings (SSSR count). The van der Waals surface area contributed by atoms with Crippen molar-refractivity contribution in [3.63, 3.8) is 0 Å². The van der Waals surface area contributed by atoms with Crippen molar-refractivity contribution in [2.24, 2.45) is 0 Å². The van der Waals surface area contributed by atoms with Crippen LogP contribution in [0.15, 0.2) is 83.7 Å². The van der Waals surface area contributed by atoms with Gasteiger partial charge < -0.3 is 19.2 Å². The zero-order valence-corrected chi connectivity index (χ0v) is 18.3. The highest BCUT2D eigenvalue weighted by Crippen LogP contribution is 2.42. The summed E-state index contributed by atoms with van der Waals surface area (Å²) >= 11 is 5.86. The molecular weight excluding hydrogens is 404 g/mol. The first-order chi connectivity index (χ1) is 15.1. The minimum Gasteiger partial charge on any atom is -0.467 e. The van der Waals surface area contributed by atoms with Crippen molar-refractivity contribution in [1.29, 1.82) is 0 Å². The number of benzene rings is 1. The summed E-state index contributed by atoms with van der Waals surface area (Å²) in [6.45, 7) is 4.90. The molecular formula is C25H24N4OS. The number of rotatable bonds is 5. The van der Waals surface area contributed by atoms with Gasteiger partial charge in [0.2, 0.25) is 0 Å². The van der Waals surface area contributed by atoms with Crippen molar-refractivity contribution in [3.8, 4) is 0 Å². The summed E-state index contributed by atoms with van der Waals surface area (Å²) in [5.74, 6) is 0.915. The van der Waals surface area contributed by atoms with Gasteiger partial charge in [0.1, 0.15) is 11.8 Å². The molecule has 0 radical (unpaired) electrons. The van der Waals surface area contributed by atoms with Gasteiger partial charge >= 0.3 is 0 Å². The lowest BCUT2D eigenvalue weighted by molar-refractivity contribution is 0.475. The molecule has 3 aromatic heterocycles.